The number of pyridine rings is 1. The Bertz CT molecular complexity index is 2350. The number of hydrogen-bond donors (Lipinski definition) is 4. The number of carbonyl (C=O) groups is 4. The molecule has 1 aromatic heterocycles. The third kappa shape index (κ3) is 9.70. The van der Waals surface area contributed by atoms with Crippen molar-refractivity contribution in [2.45, 2.75) is 158 Å². The van der Waals surface area contributed by atoms with Crippen molar-refractivity contribution in [2.75, 3.05) is 32.8 Å². The Hall–Kier alpha value is -4.65. The van der Waals surface area contributed by atoms with E-state index in [1.807, 2.05) is 26.0 Å². The van der Waals surface area contributed by atoms with E-state index in [4.69, 9.17) is 14.2 Å². The molecule has 5 atom stereocenters. The second-order valence-electron chi connectivity index (χ2n) is 20.1. The number of ether oxygens (including phenoxy) is 3. The fourth-order valence-corrected chi connectivity index (χ4v) is 11.5. The van der Waals surface area contributed by atoms with Gasteiger partial charge in [0.05, 0.1) is 43.0 Å². The zero-order valence-corrected chi connectivity index (χ0v) is 39.1. The van der Waals surface area contributed by atoms with Crippen molar-refractivity contribution < 1.29 is 59.9 Å². The van der Waals surface area contributed by atoms with Crippen LogP contribution >= 0.6 is 0 Å². The van der Waals surface area contributed by atoms with Crippen LogP contribution in [-0.4, -0.2) is 109 Å². The van der Waals surface area contributed by atoms with Crippen LogP contribution < -0.4 is 29.7 Å². The van der Waals surface area contributed by atoms with Gasteiger partial charge in [0.25, 0.3) is 5.91 Å². The predicted molar refractivity (Wildman–Crippen MR) is 237 cm³/mol. The Morgan fingerprint density at radius 1 is 1.06 bits per heavy atom. The first-order valence-corrected chi connectivity index (χ1v) is 25.3. The third-order valence-electron chi connectivity index (χ3n) is 14.8. The molecular weight excluding hydrogens is 882 g/mol. The van der Waals surface area contributed by atoms with E-state index in [1.54, 1.807) is 19.1 Å². The van der Waals surface area contributed by atoms with Crippen molar-refractivity contribution in [1.29, 1.82) is 0 Å². The second-order valence-corrected chi connectivity index (χ2v) is 22.3. The van der Waals surface area contributed by atoms with Crippen molar-refractivity contribution in [1.82, 2.24) is 25.2 Å². The van der Waals surface area contributed by atoms with Gasteiger partial charge in [-0.05, 0) is 95.8 Å². The molecule has 4 amide bonds. The highest BCUT2D eigenvalue weighted by Gasteiger charge is 2.60. The number of rotatable bonds is 9. The topological polar surface area (TPSA) is 187 Å². The largest absolute Gasteiger partial charge is 0.490 e. The number of alkyl halides is 3. The zero-order chi connectivity index (χ0) is 47.2. The summed E-state index contributed by atoms with van der Waals surface area (Å²) < 4.78 is 91.4. The fraction of sp³-hybridized carbons (Fsp3) is 0.681. The lowest BCUT2D eigenvalue weighted by atomic mass is 9.65. The van der Waals surface area contributed by atoms with Gasteiger partial charge >= 0.3 is 12.3 Å². The summed E-state index contributed by atoms with van der Waals surface area (Å²) in [6.45, 7) is 10.1. The first-order chi connectivity index (χ1) is 31.3. The Morgan fingerprint density at radius 2 is 1.82 bits per heavy atom. The van der Waals surface area contributed by atoms with Gasteiger partial charge in [-0.25, -0.2) is 18.2 Å². The summed E-state index contributed by atoms with van der Waals surface area (Å²) in [6.07, 6.45) is 3.55. The summed E-state index contributed by atoms with van der Waals surface area (Å²) in [5.41, 5.74) is -4.06. The number of alkyl carbamates (subject to hydrolysis) is 1. The van der Waals surface area contributed by atoms with Gasteiger partial charge in [0.15, 0.2) is 11.4 Å². The molecule has 0 radical (unpaired) electrons. The first-order valence-electron chi connectivity index (χ1n) is 23.8. The van der Waals surface area contributed by atoms with E-state index >= 15 is 13.2 Å². The zero-order valence-electron chi connectivity index (χ0n) is 38.3. The number of carbonyl (C=O) groups excluding carboxylic acids is 4. The quantitative estimate of drug-likeness (QED) is 0.252. The van der Waals surface area contributed by atoms with Crippen LogP contribution in [0.5, 0.6) is 11.5 Å². The van der Waals surface area contributed by atoms with E-state index in [0.29, 0.717) is 56.1 Å². The van der Waals surface area contributed by atoms with Crippen LogP contribution in [0.1, 0.15) is 122 Å². The van der Waals surface area contributed by atoms with Crippen LogP contribution in [0.25, 0.3) is 10.9 Å². The molecule has 1 aromatic carbocycles. The van der Waals surface area contributed by atoms with E-state index in [9.17, 15) is 27.6 Å². The molecule has 2 aromatic rings. The maximum absolute atomic E-state index is 15.1. The normalized spacial score (nSPS) is 30.6. The van der Waals surface area contributed by atoms with Crippen LogP contribution in [-0.2, 0) is 41.7 Å². The third-order valence-corrected chi connectivity index (χ3v) is 17.0. The monoisotopic (exact) mass is 945 g/mol. The minimum atomic E-state index is -4.94. The van der Waals surface area contributed by atoms with Crippen LogP contribution in [0.2, 0.25) is 0 Å². The average Bonchev–Trinajstić information content (AvgIpc) is 3.93. The summed E-state index contributed by atoms with van der Waals surface area (Å²) in [4.78, 5) is 64.1. The van der Waals surface area contributed by atoms with Gasteiger partial charge in [-0.15, -0.1) is 0 Å². The number of fused-ring (bicyclic) bond motifs is 5. The number of likely N-dealkylation sites (tertiary alicyclic amines) is 1. The number of sulfonamides is 1. The highest BCUT2D eigenvalue weighted by Crippen LogP contribution is 2.50. The average molecular weight is 946 g/mol. The number of amides is 4. The van der Waals surface area contributed by atoms with Crippen LogP contribution in [0, 0.1) is 11.8 Å². The summed E-state index contributed by atoms with van der Waals surface area (Å²) in [5, 5.41) is 6.03. The lowest BCUT2D eigenvalue weighted by molar-refractivity contribution is -0.904. The van der Waals surface area contributed by atoms with E-state index in [-0.39, 0.29) is 68.4 Å². The Labute approximate surface area is 384 Å². The number of allylic oxidation sites excluding steroid dienone is 1. The Balaban J connectivity index is 1.15. The Morgan fingerprint density at radius 3 is 2.48 bits per heavy atom. The molecule has 4 N–H and O–H groups in total. The van der Waals surface area contributed by atoms with Crippen molar-refractivity contribution >= 4 is 44.7 Å². The molecule has 0 unspecified atom stereocenters. The predicted octanol–water partition coefficient (Wildman–Crippen LogP) is 4.90. The van der Waals surface area contributed by atoms with E-state index in [2.05, 4.69) is 27.3 Å². The van der Waals surface area contributed by atoms with Crippen LogP contribution in [0.3, 0.4) is 0 Å². The molecule has 66 heavy (non-hydrogen) atoms. The minimum absolute atomic E-state index is 0.00400. The van der Waals surface area contributed by atoms with Gasteiger partial charge in [-0.1, -0.05) is 38.8 Å². The van der Waals surface area contributed by atoms with Gasteiger partial charge in [0, 0.05) is 36.1 Å². The molecule has 2 saturated carbocycles. The number of aryl methyl sites for hydroxylation is 1. The number of quaternary nitrogens is 1. The van der Waals surface area contributed by atoms with E-state index in [0.717, 1.165) is 32.5 Å². The van der Waals surface area contributed by atoms with Crippen molar-refractivity contribution in [3.05, 3.63) is 41.6 Å². The number of aromatic nitrogens is 1. The summed E-state index contributed by atoms with van der Waals surface area (Å²) in [7, 11) is -4.12. The van der Waals surface area contributed by atoms with Crippen molar-refractivity contribution in [3.8, 4) is 11.5 Å². The highest BCUT2D eigenvalue weighted by atomic mass is 32.2. The minimum Gasteiger partial charge on any atom is -0.490 e. The number of hydrogen-bond acceptors (Lipinski definition) is 10. The smallest absolute Gasteiger partial charge is 0.437 e. The number of halogens is 3. The van der Waals surface area contributed by atoms with E-state index in [1.165, 1.54) is 15.9 Å². The summed E-state index contributed by atoms with van der Waals surface area (Å²) in [6, 6.07) is 2.31. The highest BCUT2D eigenvalue weighted by molar-refractivity contribution is 7.91. The van der Waals surface area contributed by atoms with Gasteiger partial charge < -0.3 is 34.6 Å². The number of piperidine rings is 1. The van der Waals surface area contributed by atoms with Crippen LogP contribution in [0.15, 0.2) is 30.4 Å². The van der Waals surface area contributed by atoms with E-state index < -0.39 is 85.3 Å². The Kier molecular flexibility index (Phi) is 13.4. The molecule has 0 bridgehead atoms. The number of benzene rings is 1. The molecule has 8 rings (SSSR count). The molecule has 6 aliphatic rings. The molecular formula is C47H64F3N6O9S+. The molecule has 19 heteroatoms. The molecule has 2 aliphatic carbocycles. The maximum Gasteiger partial charge on any atom is 0.437 e. The molecule has 362 valence electrons. The summed E-state index contributed by atoms with van der Waals surface area (Å²) >= 11 is 0. The maximum atomic E-state index is 15.1. The second kappa shape index (κ2) is 18.4. The molecule has 4 aliphatic heterocycles. The SMILES string of the molecule is CC[NH+]1CCC(Oc2ccc3nc(C(F)(F)F)c4c(c3c2)CC[C@]2(C[C@H]3C(=O)N[C@]5(C(=O)NS(=O)(=O)C6(C)CC6)CC[C@H]5/C=C\CCCCC[C@H](NC(=O)OCC(C)C)C(=O)N3C2)O4)CC1. The van der Waals surface area contributed by atoms with Gasteiger partial charge in [-0.3, -0.25) is 19.1 Å². The molecule has 4 fully saturated rings. The summed E-state index contributed by atoms with van der Waals surface area (Å²) in [5.74, 6) is -2.90. The lowest BCUT2D eigenvalue weighted by Gasteiger charge is -2.48. The standard InChI is InChI=1S/C47H63F3N6O9S/c1-5-55-23-17-31(18-24-55)64-32-13-14-35-34(25-32)33-16-19-45(65-38(33)39(51-35)47(48,49)50)26-37-40(57)53-46(42(59)54-66(61,62)44(4)21-22-44)20-15-30(46)11-9-7-6-8-10-12-36(41(58)56(37)28-45)52-43(60)63-27-29(2)3/h9,11,13-14,25,29-31,36-37H,5-8,10,12,15-24,26-28H2,1-4H3,(H,52,60)(H,53,57)(H,54,59)/p+1/b11-9-/t30-,36+,37+,45-,46-/m1/s1. The van der Waals surface area contributed by atoms with Crippen molar-refractivity contribution in [2.24, 2.45) is 11.8 Å². The molecule has 5 heterocycles. The van der Waals surface area contributed by atoms with Gasteiger partial charge in [0.1, 0.15) is 35.1 Å². The first kappa shape index (κ1) is 47.8. The molecule has 1 spiro atoms. The number of nitrogens with one attached hydrogen (secondary N) is 4. The fourth-order valence-electron chi connectivity index (χ4n) is 10.2. The lowest BCUT2D eigenvalue weighted by Crippen LogP contribution is -3.13. The van der Waals surface area contributed by atoms with Gasteiger partial charge in [-0.2, -0.15) is 13.2 Å². The number of nitrogens with zero attached hydrogens (tertiary/aromatic N) is 2. The molecule has 15 nitrogen and oxygen atoms in total. The van der Waals surface area contributed by atoms with Crippen LogP contribution in [0.4, 0.5) is 18.0 Å². The van der Waals surface area contributed by atoms with Crippen molar-refractivity contribution in [3.63, 3.8) is 0 Å². The molecule has 2 saturated heterocycles. The van der Waals surface area contributed by atoms with Gasteiger partial charge in [0.2, 0.25) is 21.8 Å².